The number of hydrogen-bond acceptors (Lipinski definition) is 4. The van der Waals surface area contributed by atoms with Gasteiger partial charge in [0.1, 0.15) is 5.78 Å². The number of carbonyl (C=O) groups is 2. The van der Waals surface area contributed by atoms with Crippen LogP contribution in [-0.4, -0.2) is 39.3 Å². The summed E-state index contributed by atoms with van der Waals surface area (Å²) in [4.78, 5) is 23.5. The zero-order chi connectivity index (χ0) is 22.0. The molecule has 168 valence electrons. The highest BCUT2D eigenvalue weighted by atomic mass is 16.4. The minimum absolute atomic E-state index is 0.0917. The Hall–Kier alpha value is -1.98. The number of ketones is 1. The number of Topliss-reactive ketones (excluding diaryl/α,β-unsaturated/α-hetero) is 1. The lowest BCUT2D eigenvalue weighted by molar-refractivity contribution is -0.121. The number of carbonyl (C=O) groups excluding carboxylic acids is 1. The number of aryl methyl sites for hydroxylation is 1. The van der Waals surface area contributed by atoms with Crippen molar-refractivity contribution in [2.75, 3.05) is 0 Å². The number of aromatic carboxylic acids is 1. The average Bonchev–Trinajstić information content (AvgIpc) is 3.49. The van der Waals surface area contributed by atoms with E-state index in [9.17, 15) is 19.8 Å². The lowest BCUT2D eigenvalue weighted by Crippen LogP contribution is -2.41. The lowest BCUT2D eigenvalue weighted by atomic mass is 9.61. The van der Waals surface area contributed by atoms with E-state index in [2.05, 4.69) is 0 Å². The van der Waals surface area contributed by atoms with Crippen LogP contribution in [0.2, 0.25) is 0 Å². The van der Waals surface area contributed by atoms with Crippen LogP contribution in [0.15, 0.2) is 36.4 Å². The first-order chi connectivity index (χ1) is 14.9. The van der Waals surface area contributed by atoms with Crippen molar-refractivity contribution in [3.8, 4) is 0 Å². The van der Waals surface area contributed by atoms with Gasteiger partial charge in [0.25, 0.3) is 0 Å². The molecule has 0 saturated heterocycles. The summed E-state index contributed by atoms with van der Waals surface area (Å²) in [6.45, 7) is 0. The molecule has 4 rings (SSSR count). The quantitative estimate of drug-likeness (QED) is 0.488. The Bertz CT molecular complexity index is 819. The van der Waals surface area contributed by atoms with Gasteiger partial charge in [-0.2, -0.15) is 0 Å². The van der Waals surface area contributed by atoms with Crippen molar-refractivity contribution in [1.29, 1.82) is 0 Å². The molecule has 4 atom stereocenters. The monoisotopic (exact) mass is 426 g/mol. The second kappa shape index (κ2) is 9.25. The number of benzene rings is 1. The van der Waals surface area contributed by atoms with E-state index in [1.165, 1.54) is 19.3 Å². The van der Waals surface area contributed by atoms with E-state index in [-0.39, 0.29) is 41.1 Å². The highest BCUT2D eigenvalue weighted by Gasteiger charge is 2.46. The zero-order valence-corrected chi connectivity index (χ0v) is 18.1. The molecular weight excluding hydrogens is 392 g/mol. The number of carboxylic acids is 1. The van der Waals surface area contributed by atoms with Crippen LogP contribution in [0.3, 0.4) is 0 Å². The number of aliphatic hydroxyl groups excluding tert-OH is 2. The first-order valence-corrected chi connectivity index (χ1v) is 11.8. The third kappa shape index (κ3) is 5.09. The molecule has 0 aromatic heterocycles. The van der Waals surface area contributed by atoms with Gasteiger partial charge in [-0.1, -0.05) is 43.5 Å². The van der Waals surface area contributed by atoms with Gasteiger partial charge < -0.3 is 15.3 Å². The molecule has 2 unspecified atom stereocenters. The number of carboxylic acid groups (broad SMARTS) is 1. The molecule has 1 aromatic carbocycles. The first kappa shape index (κ1) is 22.2. The maximum atomic E-state index is 12.5. The minimum Gasteiger partial charge on any atom is -0.478 e. The highest BCUT2D eigenvalue weighted by molar-refractivity contribution is 5.87. The summed E-state index contributed by atoms with van der Waals surface area (Å²) in [5.41, 5.74) is 1.34. The molecule has 3 aliphatic rings. The molecule has 5 nitrogen and oxygen atoms in total. The summed E-state index contributed by atoms with van der Waals surface area (Å²) in [6, 6.07) is 6.75. The Balaban J connectivity index is 1.33. The lowest BCUT2D eigenvalue weighted by Gasteiger charge is -2.46. The molecule has 0 amide bonds. The zero-order valence-electron chi connectivity index (χ0n) is 18.1. The van der Waals surface area contributed by atoms with Crippen LogP contribution in [0.1, 0.15) is 73.7 Å². The van der Waals surface area contributed by atoms with Gasteiger partial charge in [-0.15, -0.1) is 0 Å². The number of hydrogen-bond donors (Lipinski definition) is 3. The fourth-order valence-electron chi connectivity index (χ4n) is 5.54. The number of rotatable bonds is 10. The van der Waals surface area contributed by atoms with E-state index < -0.39 is 12.1 Å². The predicted molar refractivity (Wildman–Crippen MR) is 118 cm³/mol. The molecule has 0 spiro atoms. The molecule has 0 bridgehead atoms. The van der Waals surface area contributed by atoms with Crippen molar-refractivity contribution in [3.63, 3.8) is 0 Å². The molecule has 1 aromatic rings. The minimum atomic E-state index is -0.950. The van der Waals surface area contributed by atoms with Crippen molar-refractivity contribution < 1.29 is 24.9 Å². The molecule has 3 N–H and O–H groups in total. The van der Waals surface area contributed by atoms with Crippen LogP contribution >= 0.6 is 0 Å². The van der Waals surface area contributed by atoms with Crippen molar-refractivity contribution in [2.24, 2.45) is 23.2 Å². The molecule has 3 fully saturated rings. The summed E-state index contributed by atoms with van der Waals surface area (Å²) in [5.74, 6) is -0.490. The van der Waals surface area contributed by atoms with Gasteiger partial charge in [-0.25, -0.2) is 4.79 Å². The van der Waals surface area contributed by atoms with Gasteiger partial charge >= 0.3 is 5.97 Å². The second-order valence-corrected chi connectivity index (χ2v) is 10.0. The van der Waals surface area contributed by atoms with Crippen LogP contribution in [0.25, 0.3) is 0 Å². The molecule has 3 aliphatic carbocycles. The summed E-state index contributed by atoms with van der Waals surface area (Å²) in [5, 5.41) is 30.3. The van der Waals surface area contributed by atoms with Crippen LogP contribution < -0.4 is 0 Å². The Labute approximate surface area is 184 Å². The fraction of sp³-hybridized carbons (Fsp3) is 0.615. The van der Waals surface area contributed by atoms with Crippen LogP contribution in [0, 0.1) is 23.2 Å². The maximum Gasteiger partial charge on any atom is 0.335 e. The van der Waals surface area contributed by atoms with E-state index in [1.54, 1.807) is 24.3 Å². The largest absolute Gasteiger partial charge is 0.478 e. The van der Waals surface area contributed by atoms with Crippen LogP contribution in [0.4, 0.5) is 0 Å². The van der Waals surface area contributed by atoms with Crippen LogP contribution in [0.5, 0.6) is 0 Å². The summed E-state index contributed by atoms with van der Waals surface area (Å²) >= 11 is 0. The summed E-state index contributed by atoms with van der Waals surface area (Å²) < 4.78 is 0. The van der Waals surface area contributed by atoms with Gasteiger partial charge in [0.2, 0.25) is 0 Å². The first-order valence-electron chi connectivity index (χ1n) is 11.8. The second-order valence-electron chi connectivity index (χ2n) is 10.0. The SMILES string of the molecule is O=C(O)c1ccc(CC[C@H]2C(=O)CC(O)[C@@H]2/C=C/CC(O)C2(CC3CC3)CCC2)cc1. The normalized spacial score (nSPS) is 28.6. The van der Waals surface area contributed by atoms with E-state index in [0.29, 0.717) is 19.3 Å². The van der Waals surface area contributed by atoms with Crippen molar-refractivity contribution in [1.82, 2.24) is 0 Å². The van der Waals surface area contributed by atoms with Crippen molar-refractivity contribution in [3.05, 3.63) is 47.5 Å². The predicted octanol–water partition coefficient (Wildman–Crippen LogP) is 4.16. The average molecular weight is 427 g/mol. The van der Waals surface area contributed by atoms with Gasteiger partial charge in [0.05, 0.1) is 17.8 Å². The smallest absolute Gasteiger partial charge is 0.335 e. The summed E-state index contributed by atoms with van der Waals surface area (Å²) in [6.07, 6.45) is 12.2. The van der Waals surface area contributed by atoms with Gasteiger partial charge in [0.15, 0.2) is 0 Å². The van der Waals surface area contributed by atoms with E-state index >= 15 is 0 Å². The van der Waals surface area contributed by atoms with E-state index in [0.717, 1.165) is 30.7 Å². The van der Waals surface area contributed by atoms with Crippen LogP contribution in [-0.2, 0) is 11.2 Å². The third-order valence-electron chi connectivity index (χ3n) is 7.84. The molecule has 0 radical (unpaired) electrons. The van der Waals surface area contributed by atoms with Crippen molar-refractivity contribution in [2.45, 2.75) is 76.4 Å². The van der Waals surface area contributed by atoms with Gasteiger partial charge in [-0.3, -0.25) is 4.79 Å². The third-order valence-corrected chi connectivity index (χ3v) is 7.84. The molecule has 31 heavy (non-hydrogen) atoms. The Morgan fingerprint density at radius 2 is 1.90 bits per heavy atom. The van der Waals surface area contributed by atoms with Gasteiger partial charge in [0, 0.05) is 18.3 Å². The Kier molecular flexibility index (Phi) is 6.63. The topological polar surface area (TPSA) is 94.8 Å². The fourth-order valence-corrected chi connectivity index (χ4v) is 5.54. The Morgan fingerprint density at radius 1 is 1.19 bits per heavy atom. The van der Waals surface area contributed by atoms with E-state index in [4.69, 9.17) is 5.11 Å². The standard InChI is InChI=1S/C26H34O5/c27-22-15-23(28)21(12-9-17-7-10-19(11-8-17)25(30)31)20(22)3-1-4-24(29)26(13-2-14-26)16-18-5-6-18/h1,3,7-8,10-11,18,20-22,24,27,29H,2,4-6,9,12-16H2,(H,30,31)/b3-1+/t20-,21-,22?,24?/m1/s1. The van der Waals surface area contributed by atoms with Gasteiger partial charge in [-0.05, 0) is 67.6 Å². The Morgan fingerprint density at radius 3 is 2.48 bits per heavy atom. The summed E-state index contributed by atoms with van der Waals surface area (Å²) in [7, 11) is 0. The molecule has 0 heterocycles. The molecular formula is C26H34O5. The highest BCUT2D eigenvalue weighted by Crippen LogP contribution is 2.53. The van der Waals surface area contributed by atoms with E-state index in [1.807, 2.05) is 12.2 Å². The number of aliphatic hydroxyl groups is 2. The molecule has 3 saturated carbocycles. The van der Waals surface area contributed by atoms with Crippen molar-refractivity contribution >= 4 is 11.8 Å². The maximum absolute atomic E-state index is 12.5. The molecule has 5 heteroatoms. The molecule has 0 aliphatic heterocycles.